The molecule has 1 fully saturated rings. The van der Waals surface area contributed by atoms with Gasteiger partial charge in [-0.15, -0.1) is 0 Å². The van der Waals surface area contributed by atoms with E-state index in [0.29, 0.717) is 16.7 Å². The molecule has 1 rings (SSSR count). The van der Waals surface area contributed by atoms with Gasteiger partial charge in [0.25, 0.3) is 0 Å². The standard InChI is InChI=1S/C17H35NO/c1-16(2,3)12-18(7)11-13-10-14(17(4,5)6)8-9-15(13)19/h13-15,19H,8-12H2,1-7H3. The molecule has 19 heavy (non-hydrogen) atoms. The molecule has 0 aliphatic heterocycles. The van der Waals surface area contributed by atoms with E-state index in [9.17, 15) is 5.11 Å². The Balaban J connectivity index is 2.55. The third-order valence-corrected chi connectivity index (χ3v) is 4.46. The van der Waals surface area contributed by atoms with Crippen molar-refractivity contribution in [2.45, 2.75) is 66.9 Å². The highest BCUT2D eigenvalue weighted by atomic mass is 16.3. The van der Waals surface area contributed by atoms with Gasteiger partial charge >= 0.3 is 0 Å². The topological polar surface area (TPSA) is 23.5 Å². The molecule has 1 aliphatic rings. The van der Waals surface area contributed by atoms with E-state index in [1.165, 1.54) is 12.8 Å². The summed E-state index contributed by atoms with van der Waals surface area (Å²) in [7, 11) is 2.19. The molecule has 2 heteroatoms. The van der Waals surface area contributed by atoms with Crippen LogP contribution >= 0.6 is 0 Å². The van der Waals surface area contributed by atoms with Gasteiger partial charge in [0.05, 0.1) is 6.10 Å². The molecule has 0 radical (unpaired) electrons. The van der Waals surface area contributed by atoms with Gasteiger partial charge in [-0.2, -0.15) is 0 Å². The van der Waals surface area contributed by atoms with Gasteiger partial charge in [-0.25, -0.2) is 0 Å². The van der Waals surface area contributed by atoms with Crippen LogP contribution in [0.2, 0.25) is 0 Å². The molecule has 3 unspecified atom stereocenters. The lowest BCUT2D eigenvalue weighted by molar-refractivity contribution is 0.00317. The molecule has 0 aromatic carbocycles. The first-order valence-corrected chi connectivity index (χ1v) is 7.85. The van der Waals surface area contributed by atoms with E-state index >= 15 is 0 Å². The fourth-order valence-corrected chi connectivity index (χ4v) is 3.51. The van der Waals surface area contributed by atoms with Crippen molar-refractivity contribution in [3.05, 3.63) is 0 Å². The molecule has 1 aliphatic carbocycles. The van der Waals surface area contributed by atoms with E-state index in [0.717, 1.165) is 25.4 Å². The van der Waals surface area contributed by atoms with Crippen LogP contribution in [-0.4, -0.2) is 36.2 Å². The van der Waals surface area contributed by atoms with Gasteiger partial charge in [0, 0.05) is 13.1 Å². The molecule has 1 saturated carbocycles. The Bertz CT molecular complexity index is 274. The van der Waals surface area contributed by atoms with Crippen molar-refractivity contribution in [3.63, 3.8) is 0 Å². The minimum Gasteiger partial charge on any atom is -0.393 e. The van der Waals surface area contributed by atoms with Crippen LogP contribution in [0.3, 0.4) is 0 Å². The summed E-state index contributed by atoms with van der Waals surface area (Å²) >= 11 is 0. The second-order valence-corrected chi connectivity index (χ2v) is 8.96. The lowest BCUT2D eigenvalue weighted by Crippen LogP contribution is -2.42. The van der Waals surface area contributed by atoms with Crippen LogP contribution in [0.5, 0.6) is 0 Å². The Hall–Kier alpha value is -0.0800. The zero-order chi connectivity index (χ0) is 14.8. The molecule has 0 bridgehead atoms. The van der Waals surface area contributed by atoms with Crippen LogP contribution in [0.1, 0.15) is 60.8 Å². The lowest BCUT2D eigenvalue weighted by atomic mass is 9.68. The number of hydrogen-bond acceptors (Lipinski definition) is 2. The molecular formula is C17H35NO. The second-order valence-electron chi connectivity index (χ2n) is 8.96. The monoisotopic (exact) mass is 269 g/mol. The molecule has 114 valence electrons. The van der Waals surface area contributed by atoms with E-state index in [1.807, 2.05) is 0 Å². The quantitative estimate of drug-likeness (QED) is 0.842. The van der Waals surface area contributed by atoms with Gasteiger partial charge in [0.2, 0.25) is 0 Å². The van der Waals surface area contributed by atoms with E-state index in [2.05, 4.69) is 53.5 Å². The summed E-state index contributed by atoms with van der Waals surface area (Å²) in [6, 6.07) is 0. The first kappa shape index (κ1) is 17.0. The highest BCUT2D eigenvalue weighted by molar-refractivity contribution is 4.87. The zero-order valence-corrected chi connectivity index (χ0v) is 14.2. The molecule has 0 saturated heterocycles. The molecular weight excluding hydrogens is 234 g/mol. The smallest absolute Gasteiger partial charge is 0.0580 e. The second kappa shape index (κ2) is 6.13. The maximum absolute atomic E-state index is 10.3. The van der Waals surface area contributed by atoms with Gasteiger partial charge in [-0.3, -0.25) is 0 Å². The van der Waals surface area contributed by atoms with Crippen LogP contribution in [-0.2, 0) is 0 Å². The predicted molar refractivity (Wildman–Crippen MR) is 83.2 cm³/mol. The molecule has 2 nitrogen and oxygen atoms in total. The van der Waals surface area contributed by atoms with Crippen LogP contribution in [0.4, 0.5) is 0 Å². The first-order valence-electron chi connectivity index (χ1n) is 7.85. The fourth-order valence-electron chi connectivity index (χ4n) is 3.51. The normalized spacial score (nSPS) is 29.8. The van der Waals surface area contributed by atoms with Gasteiger partial charge in [0.15, 0.2) is 0 Å². The number of aliphatic hydroxyl groups excluding tert-OH is 1. The van der Waals surface area contributed by atoms with E-state index in [-0.39, 0.29) is 6.10 Å². The third-order valence-electron chi connectivity index (χ3n) is 4.46. The van der Waals surface area contributed by atoms with Crippen molar-refractivity contribution < 1.29 is 5.11 Å². The maximum atomic E-state index is 10.3. The SMILES string of the molecule is CN(CC1CC(C(C)(C)C)CCC1O)CC(C)(C)C. The van der Waals surface area contributed by atoms with Crippen LogP contribution < -0.4 is 0 Å². The Morgan fingerprint density at radius 1 is 1.05 bits per heavy atom. The van der Waals surface area contributed by atoms with Gasteiger partial charge in [-0.1, -0.05) is 41.5 Å². The molecule has 0 heterocycles. The molecule has 0 amide bonds. The first-order chi connectivity index (χ1) is 8.49. The molecule has 0 spiro atoms. The predicted octanol–water partition coefficient (Wildman–Crippen LogP) is 3.79. The van der Waals surface area contributed by atoms with E-state index < -0.39 is 0 Å². The largest absolute Gasteiger partial charge is 0.393 e. The summed E-state index contributed by atoms with van der Waals surface area (Å²) in [6.07, 6.45) is 3.25. The molecule has 1 N–H and O–H groups in total. The highest BCUT2D eigenvalue weighted by Crippen LogP contribution is 2.40. The summed E-state index contributed by atoms with van der Waals surface area (Å²) in [5, 5.41) is 10.3. The van der Waals surface area contributed by atoms with Crippen molar-refractivity contribution in [3.8, 4) is 0 Å². The fraction of sp³-hybridized carbons (Fsp3) is 1.00. The van der Waals surface area contributed by atoms with Crippen molar-refractivity contribution in [1.82, 2.24) is 4.90 Å². The Kier molecular flexibility index (Phi) is 5.48. The summed E-state index contributed by atoms with van der Waals surface area (Å²) in [4.78, 5) is 2.40. The van der Waals surface area contributed by atoms with E-state index in [4.69, 9.17) is 0 Å². The number of aliphatic hydroxyl groups is 1. The van der Waals surface area contributed by atoms with Crippen LogP contribution in [0, 0.1) is 22.7 Å². The van der Waals surface area contributed by atoms with E-state index in [1.54, 1.807) is 0 Å². The Labute approximate surface area is 120 Å². The van der Waals surface area contributed by atoms with Crippen molar-refractivity contribution >= 4 is 0 Å². The minimum absolute atomic E-state index is 0.0963. The highest BCUT2D eigenvalue weighted by Gasteiger charge is 2.35. The minimum atomic E-state index is -0.0963. The number of rotatable bonds is 3. The number of hydrogen-bond donors (Lipinski definition) is 1. The summed E-state index contributed by atoms with van der Waals surface area (Å²) in [6.45, 7) is 16.0. The Morgan fingerprint density at radius 2 is 1.63 bits per heavy atom. The summed E-state index contributed by atoms with van der Waals surface area (Å²) in [5.41, 5.74) is 0.707. The number of nitrogens with zero attached hydrogens (tertiary/aromatic N) is 1. The molecule has 0 aromatic heterocycles. The molecule has 0 aromatic rings. The van der Waals surface area contributed by atoms with Crippen LogP contribution in [0.15, 0.2) is 0 Å². The van der Waals surface area contributed by atoms with Gasteiger partial charge < -0.3 is 10.0 Å². The lowest BCUT2D eigenvalue weighted by Gasteiger charge is -2.42. The van der Waals surface area contributed by atoms with Crippen LogP contribution in [0.25, 0.3) is 0 Å². The maximum Gasteiger partial charge on any atom is 0.0580 e. The third kappa shape index (κ3) is 5.83. The molecule has 3 atom stereocenters. The van der Waals surface area contributed by atoms with Gasteiger partial charge in [-0.05, 0) is 49.0 Å². The zero-order valence-electron chi connectivity index (χ0n) is 14.2. The van der Waals surface area contributed by atoms with Gasteiger partial charge in [0.1, 0.15) is 0 Å². The van der Waals surface area contributed by atoms with Crippen molar-refractivity contribution in [2.75, 3.05) is 20.1 Å². The van der Waals surface area contributed by atoms with Crippen molar-refractivity contribution in [1.29, 1.82) is 0 Å². The summed E-state index contributed by atoms with van der Waals surface area (Å²) in [5.74, 6) is 1.20. The van der Waals surface area contributed by atoms with Crippen molar-refractivity contribution in [2.24, 2.45) is 22.7 Å². The average Bonchev–Trinajstić information content (AvgIpc) is 2.16. The Morgan fingerprint density at radius 3 is 2.11 bits per heavy atom. The summed E-state index contributed by atoms with van der Waals surface area (Å²) < 4.78 is 0. The average molecular weight is 269 g/mol.